The highest BCUT2D eigenvalue weighted by Gasteiger charge is 2.14. The molecular formula is C13H9BrF2N2O2. The van der Waals surface area contributed by atoms with Crippen molar-refractivity contribution in [1.29, 1.82) is 0 Å². The smallest absolute Gasteiger partial charge is 0.292 e. The number of hydrogen-bond donors (Lipinski definition) is 1. The number of anilines is 1. The van der Waals surface area contributed by atoms with Crippen molar-refractivity contribution in [2.45, 2.75) is 6.54 Å². The first kappa shape index (κ1) is 14.4. The predicted molar refractivity (Wildman–Crippen MR) is 74.5 cm³/mol. The zero-order valence-electron chi connectivity index (χ0n) is 10.1. The van der Waals surface area contributed by atoms with E-state index in [1.807, 2.05) is 0 Å². The number of nitrogens with zero attached hydrogens (tertiary/aromatic N) is 1. The summed E-state index contributed by atoms with van der Waals surface area (Å²) in [5, 5.41) is 13.6. The Labute approximate surface area is 121 Å². The highest BCUT2D eigenvalue weighted by Crippen LogP contribution is 2.26. The molecule has 20 heavy (non-hydrogen) atoms. The molecule has 0 heterocycles. The maximum Gasteiger partial charge on any atom is 0.292 e. The van der Waals surface area contributed by atoms with Gasteiger partial charge in [-0.15, -0.1) is 0 Å². The standard InChI is InChI=1S/C13H9BrF2N2O2/c14-11-3-1-9(15)5-8(11)7-17-12-6-10(16)2-4-13(12)18(19)20/h1-6,17H,7H2. The molecule has 7 heteroatoms. The number of halogens is 3. The summed E-state index contributed by atoms with van der Waals surface area (Å²) in [6, 6.07) is 7.25. The van der Waals surface area contributed by atoms with Crippen LogP contribution in [0, 0.1) is 21.7 Å². The van der Waals surface area contributed by atoms with Gasteiger partial charge < -0.3 is 5.32 Å². The molecule has 0 unspecified atom stereocenters. The molecule has 0 spiro atoms. The van der Waals surface area contributed by atoms with Gasteiger partial charge in [-0.1, -0.05) is 15.9 Å². The Balaban J connectivity index is 2.24. The van der Waals surface area contributed by atoms with Crippen LogP contribution in [0.2, 0.25) is 0 Å². The molecule has 0 saturated heterocycles. The van der Waals surface area contributed by atoms with E-state index in [1.54, 1.807) is 0 Å². The summed E-state index contributed by atoms with van der Waals surface area (Å²) in [4.78, 5) is 10.2. The predicted octanol–water partition coefficient (Wildman–Crippen LogP) is 4.25. The molecule has 104 valence electrons. The van der Waals surface area contributed by atoms with E-state index in [0.717, 1.165) is 18.2 Å². The van der Waals surface area contributed by atoms with Crippen molar-refractivity contribution in [3.63, 3.8) is 0 Å². The third-order valence-electron chi connectivity index (χ3n) is 2.63. The quantitative estimate of drug-likeness (QED) is 0.667. The van der Waals surface area contributed by atoms with Gasteiger partial charge in [-0.05, 0) is 29.8 Å². The molecule has 1 N–H and O–H groups in total. The fourth-order valence-corrected chi connectivity index (χ4v) is 2.07. The van der Waals surface area contributed by atoms with E-state index in [-0.39, 0.29) is 17.9 Å². The number of nitro benzene ring substituents is 1. The van der Waals surface area contributed by atoms with Gasteiger partial charge in [0.05, 0.1) is 4.92 Å². The Hall–Kier alpha value is -2.02. The van der Waals surface area contributed by atoms with Crippen molar-refractivity contribution in [2.75, 3.05) is 5.32 Å². The summed E-state index contributed by atoms with van der Waals surface area (Å²) in [5.74, 6) is -1.00. The minimum Gasteiger partial charge on any atom is -0.375 e. The summed E-state index contributed by atoms with van der Waals surface area (Å²) in [6.07, 6.45) is 0. The van der Waals surface area contributed by atoms with Crippen molar-refractivity contribution in [3.8, 4) is 0 Å². The average Bonchev–Trinajstić information content (AvgIpc) is 2.39. The molecule has 0 radical (unpaired) electrons. The first-order chi connectivity index (χ1) is 9.47. The van der Waals surface area contributed by atoms with E-state index in [9.17, 15) is 18.9 Å². The van der Waals surface area contributed by atoms with E-state index in [2.05, 4.69) is 21.2 Å². The topological polar surface area (TPSA) is 55.2 Å². The Kier molecular flexibility index (Phi) is 4.29. The van der Waals surface area contributed by atoms with E-state index in [4.69, 9.17) is 0 Å². The molecule has 0 aliphatic carbocycles. The van der Waals surface area contributed by atoms with Gasteiger partial charge in [0, 0.05) is 23.2 Å². The van der Waals surface area contributed by atoms with E-state index in [0.29, 0.717) is 10.0 Å². The van der Waals surface area contributed by atoms with Crippen LogP contribution in [0.1, 0.15) is 5.56 Å². The first-order valence-electron chi connectivity index (χ1n) is 5.59. The Morgan fingerprint density at radius 1 is 1.15 bits per heavy atom. The second-order valence-corrected chi connectivity index (χ2v) is 4.86. The highest BCUT2D eigenvalue weighted by atomic mass is 79.9. The minimum atomic E-state index is -0.609. The van der Waals surface area contributed by atoms with Gasteiger partial charge in [-0.2, -0.15) is 0 Å². The number of benzene rings is 2. The van der Waals surface area contributed by atoms with Crippen molar-refractivity contribution >= 4 is 27.3 Å². The van der Waals surface area contributed by atoms with E-state index >= 15 is 0 Å². The van der Waals surface area contributed by atoms with Gasteiger partial charge in [0.15, 0.2) is 0 Å². The molecule has 2 aromatic carbocycles. The number of hydrogen-bond acceptors (Lipinski definition) is 3. The number of nitrogens with one attached hydrogen (secondary N) is 1. The van der Waals surface area contributed by atoms with Crippen molar-refractivity contribution in [1.82, 2.24) is 0 Å². The molecule has 0 bridgehead atoms. The summed E-state index contributed by atoms with van der Waals surface area (Å²) in [7, 11) is 0. The van der Waals surface area contributed by atoms with Crippen LogP contribution in [0.15, 0.2) is 40.9 Å². The van der Waals surface area contributed by atoms with E-state index < -0.39 is 16.6 Å². The van der Waals surface area contributed by atoms with Crippen molar-refractivity contribution in [3.05, 3.63) is 68.2 Å². The molecule has 0 aliphatic rings. The molecular weight excluding hydrogens is 334 g/mol. The lowest BCUT2D eigenvalue weighted by atomic mass is 10.2. The Morgan fingerprint density at radius 3 is 2.50 bits per heavy atom. The Bertz CT molecular complexity index is 665. The third kappa shape index (κ3) is 3.30. The van der Waals surface area contributed by atoms with Crippen LogP contribution in [-0.4, -0.2) is 4.92 Å². The van der Waals surface area contributed by atoms with Gasteiger partial charge in [0.25, 0.3) is 5.69 Å². The van der Waals surface area contributed by atoms with Gasteiger partial charge in [-0.25, -0.2) is 8.78 Å². The molecule has 0 amide bonds. The van der Waals surface area contributed by atoms with Crippen LogP contribution in [0.4, 0.5) is 20.2 Å². The Morgan fingerprint density at radius 2 is 1.80 bits per heavy atom. The average molecular weight is 343 g/mol. The lowest BCUT2D eigenvalue weighted by Crippen LogP contribution is -2.04. The van der Waals surface area contributed by atoms with Crippen LogP contribution in [0.25, 0.3) is 0 Å². The monoisotopic (exact) mass is 342 g/mol. The van der Waals surface area contributed by atoms with E-state index in [1.165, 1.54) is 18.2 Å². The lowest BCUT2D eigenvalue weighted by molar-refractivity contribution is -0.384. The number of rotatable bonds is 4. The summed E-state index contributed by atoms with van der Waals surface area (Å²) in [6.45, 7) is 0.128. The normalized spacial score (nSPS) is 10.3. The maximum atomic E-state index is 13.1. The van der Waals surface area contributed by atoms with Crippen LogP contribution in [-0.2, 0) is 6.54 Å². The second-order valence-electron chi connectivity index (χ2n) is 4.01. The SMILES string of the molecule is O=[N+]([O-])c1ccc(F)cc1NCc1cc(F)ccc1Br. The summed E-state index contributed by atoms with van der Waals surface area (Å²) < 4.78 is 26.9. The van der Waals surface area contributed by atoms with Crippen LogP contribution < -0.4 is 5.32 Å². The molecule has 0 fully saturated rings. The summed E-state index contributed by atoms with van der Waals surface area (Å²) >= 11 is 3.25. The van der Waals surface area contributed by atoms with Crippen LogP contribution >= 0.6 is 15.9 Å². The fourth-order valence-electron chi connectivity index (χ4n) is 1.68. The zero-order valence-corrected chi connectivity index (χ0v) is 11.7. The van der Waals surface area contributed by atoms with Crippen molar-refractivity contribution < 1.29 is 13.7 Å². The van der Waals surface area contributed by atoms with Gasteiger partial charge >= 0.3 is 0 Å². The molecule has 4 nitrogen and oxygen atoms in total. The second kappa shape index (κ2) is 5.96. The molecule has 0 saturated carbocycles. The number of nitro groups is 1. The third-order valence-corrected chi connectivity index (χ3v) is 3.41. The summed E-state index contributed by atoms with van der Waals surface area (Å²) in [5.41, 5.74) is 0.383. The van der Waals surface area contributed by atoms with Gasteiger partial charge in [0.1, 0.15) is 17.3 Å². The van der Waals surface area contributed by atoms with Gasteiger partial charge in [0.2, 0.25) is 0 Å². The molecule has 0 aromatic heterocycles. The first-order valence-corrected chi connectivity index (χ1v) is 6.38. The van der Waals surface area contributed by atoms with Crippen LogP contribution in [0.3, 0.4) is 0 Å². The molecule has 0 aliphatic heterocycles. The molecule has 0 atom stereocenters. The lowest BCUT2D eigenvalue weighted by Gasteiger charge is -2.09. The minimum absolute atomic E-state index is 0.0474. The fraction of sp³-hybridized carbons (Fsp3) is 0.0769. The zero-order chi connectivity index (χ0) is 14.7. The molecule has 2 rings (SSSR count). The largest absolute Gasteiger partial charge is 0.375 e. The maximum absolute atomic E-state index is 13.1. The van der Waals surface area contributed by atoms with Crippen LogP contribution in [0.5, 0.6) is 0 Å². The van der Waals surface area contributed by atoms with Crippen molar-refractivity contribution in [2.24, 2.45) is 0 Å². The van der Waals surface area contributed by atoms with Gasteiger partial charge in [-0.3, -0.25) is 10.1 Å². The highest BCUT2D eigenvalue weighted by molar-refractivity contribution is 9.10. The molecule has 2 aromatic rings.